The number of esters is 1. The van der Waals surface area contributed by atoms with E-state index < -0.39 is 11.8 Å². The summed E-state index contributed by atoms with van der Waals surface area (Å²) in [6.45, 7) is 0. The third-order valence-electron chi connectivity index (χ3n) is 4.37. The molecule has 4 rings (SSSR count). The molecule has 0 fully saturated rings. The van der Waals surface area contributed by atoms with E-state index in [1.165, 1.54) is 24.3 Å². The number of fused-ring (bicyclic) bond motifs is 1. The molecule has 0 aliphatic rings. The molecular weight excluding hydrogens is 370 g/mol. The number of phenolic OH excluding ortho intramolecular Hbond substituents is 2. The standard InChI is InChI=1S/C23H15NO5/c25-17-11-5-4-10-16(17)23(28)29-19-13-15-9-6-12-18(26)20(15)24-21(19)22(27)14-7-2-1-3-8-14/h1-13,25-26H. The molecule has 142 valence electrons. The molecule has 0 aliphatic heterocycles. The fourth-order valence-electron chi connectivity index (χ4n) is 2.93. The van der Waals surface area contributed by atoms with E-state index in [4.69, 9.17) is 4.74 Å². The van der Waals surface area contributed by atoms with Gasteiger partial charge in [-0.15, -0.1) is 0 Å². The van der Waals surface area contributed by atoms with Gasteiger partial charge in [0.15, 0.2) is 11.4 Å². The van der Waals surface area contributed by atoms with E-state index >= 15 is 0 Å². The molecule has 0 unspecified atom stereocenters. The molecule has 0 radical (unpaired) electrons. The number of pyridine rings is 1. The van der Waals surface area contributed by atoms with Crippen molar-refractivity contribution in [3.8, 4) is 17.2 Å². The van der Waals surface area contributed by atoms with Crippen molar-refractivity contribution in [1.82, 2.24) is 4.98 Å². The second-order valence-corrected chi connectivity index (χ2v) is 6.29. The number of rotatable bonds is 4. The van der Waals surface area contributed by atoms with Crippen molar-refractivity contribution in [2.24, 2.45) is 0 Å². The quantitative estimate of drug-likeness (QED) is 0.406. The molecule has 29 heavy (non-hydrogen) atoms. The van der Waals surface area contributed by atoms with Crippen LogP contribution in [-0.2, 0) is 0 Å². The van der Waals surface area contributed by atoms with Gasteiger partial charge in [-0.05, 0) is 24.3 Å². The van der Waals surface area contributed by atoms with Crippen LogP contribution in [0.15, 0.2) is 78.9 Å². The summed E-state index contributed by atoms with van der Waals surface area (Å²) >= 11 is 0. The predicted octanol–water partition coefficient (Wildman–Crippen LogP) is 4.10. The zero-order valence-corrected chi connectivity index (χ0v) is 15.1. The van der Waals surface area contributed by atoms with Crippen molar-refractivity contribution in [2.75, 3.05) is 0 Å². The number of aromatic hydroxyl groups is 2. The van der Waals surface area contributed by atoms with Crippen LogP contribution in [0.25, 0.3) is 10.9 Å². The summed E-state index contributed by atoms with van der Waals surface area (Å²) in [4.78, 5) is 29.9. The Morgan fingerprint density at radius 3 is 2.24 bits per heavy atom. The number of carbonyl (C=O) groups excluding carboxylic acids is 2. The summed E-state index contributed by atoms with van der Waals surface area (Å²) < 4.78 is 5.44. The molecule has 0 amide bonds. The summed E-state index contributed by atoms with van der Waals surface area (Å²) in [5.74, 6) is -1.68. The van der Waals surface area contributed by atoms with Crippen molar-refractivity contribution in [2.45, 2.75) is 0 Å². The number of para-hydroxylation sites is 2. The Bertz CT molecular complexity index is 1230. The molecule has 1 aromatic heterocycles. The van der Waals surface area contributed by atoms with Gasteiger partial charge in [0.25, 0.3) is 0 Å². The molecule has 0 atom stereocenters. The lowest BCUT2D eigenvalue weighted by atomic mass is 10.1. The molecule has 0 spiro atoms. The van der Waals surface area contributed by atoms with E-state index in [0.717, 1.165) is 0 Å². The van der Waals surface area contributed by atoms with E-state index in [1.54, 1.807) is 54.6 Å². The largest absolute Gasteiger partial charge is 0.507 e. The van der Waals surface area contributed by atoms with Gasteiger partial charge in [-0.25, -0.2) is 9.78 Å². The van der Waals surface area contributed by atoms with Gasteiger partial charge in [-0.2, -0.15) is 0 Å². The maximum atomic E-state index is 13.0. The third kappa shape index (κ3) is 3.51. The number of carbonyl (C=O) groups is 2. The molecule has 2 N–H and O–H groups in total. The summed E-state index contributed by atoms with van der Waals surface area (Å²) in [5.41, 5.74) is 0.416. The Labute approximate surface area is 165 Å². The van der Waals surface area contributed by atoms with Crippen molar-refractivity contribution in [3.63, 3.8) is 0 Å². The number of nitrogens with zero attached hydrogens (tertiary/aromatic N) is 1. The van der Waals surface area contributed by atoms with Crippen LogP contribution in [0.2, 0.25) is 0 Å². The Hall–Kier alpha value is -4.19. The van der Waals surface area contributed by atoms with Crippen LogP contribution in [0.3, 0.4) is 0 Å². The topological polar surface area (TPSA) is 96.7 Å². The van der Waals surface area contributed by atoms with Gasteiger partial charge in [-0.1, -0.05) is 54.6 Å². The molecule has 0 bridgehead atoms. The smallest absolute Gasteiger partial charge is 0.347 e. The summed E-state index contributed by atoms with van der Waals surface area (Å²) in [7, 11) is 0. The van der Waals surface area contributed by atoms with E-state index in [2.05, 4.69) is 4.98 Å². The molecular formula is C23H15NO5. The molecule has 6 heteroatoms. The van der Waals surface area contributed by atoms with Crippen LogP contribution in [-0.4, -0.2) is 26.9 Å². The maximum absolute atomic E-state index is 13.0. The SMILES string of the molecule is O=C(Oc1cc2cccc(O)c2nc1C(=O)c1ccccc1)c1ccccc1O. The first kappa shape index (κ1) is 18.2. The molecule has 3 aromatic carbocycles. The predicted molar refractivity (Wildman–Crippen MR) is 106 cm³/mol. The van der Waals surface area contributed by atoms with Crippen molar-refractivity contribution in [3.05, 3.63) is 95.7 Å². The van der Waals surface area contributed by atoms with Crippen LogP contribution in [0, 0.1) is 0 Å². The van der Waals surface area contributed by atoms with Crippen molar-refractivity contribution >= 4 is 22.7 Å². The third-order valence-corrected chi connectivity index (χ3v) is 4.37. The normalized spacial score (nSPS) is 10.6. The van der Waals surface area contributed by atoms with Crippen molar-refractivity contribution < 1.29 is 24.5 Å². The van der Waals surface area contributed by atoms with Gasteiger partial charge in [-0.3, -0.25) is 4.79 Å². The number of aromatic nitrogens is 1. The summed E-state index contributed by atoms with van der Waals surface area (Å²) in [6.07, 6.45) is 0. The minimum atomic E-state index is -0.827. The van der Waals surface area contributed by atoms with Crippen LogP contribution in [0.1, 0.15) is 26.4 Å². The van der Waals surface area contributed by atoms with Crippen molar-refractivity contribution in [1.29, 1.82) is 0 Å². The average Bonchev–Trinajstić information content (AvgIpc) is 2.74. The Kier molecular flexibility index (Phi) is 4.66. The number of benzene rings is 3. The highest BCUT2D eigenvalue weighted by atomic mass is 16.5. The molecule has 0 saturated heterocycles. The fraction of sp³-hybridized carbons (Fsp3) is 0. The van der Waals surface area contributed by atoms with Crippen LogP contribution in [0.5, 0.6) is 17.2 Å². The molecule has 4 aromatic rings. The Morgan fingerprint density at radius 1 is 0.793 bits per heavy atom. The van der Waals surface area contributed by atoms with Crippen LogP contribution >= 0.6 is 0 Å². The molecule has 6 nitrogen and oxygen atoms in total. The number of ether oxygens (including phenoxy) is 1. The highest BCUT2D eigenvalue weighted by Crippen LogP contribution is 2.31. The van der Waals surface area contributed by atoms with Gasteiger partial charge in [0.2, 0.25) is 5.78 Å². The molecule has 0 aliphatic carbocycles. The Balaban J connectivity index is 1.84. The number of ketones is 1. The molecule has 1 heterocycles. The average molecular weight is 385 g/mol. The highest BCUT2D eigenvalue weighted by Gasteiger charge is 2.22. The lowest BCUT2D eigenvalue weighted by molar-refractivity contribution is 0.0729. The van der Waals surface area contributed by atoms with Gasteiger partial charge in [0, 0.05) is 10.9 Å². The first-order chi connectivity index (χ1) is 14.0. The minimum Gasteiger partial charge on any atom is -0.507 e. The minimum absolute atomic E-state index is 0.0402. The lowest BCUT2D eigenvalue weighted by Crippen LogP contribution is -2.14. The molecule has 0 saturated carbocycles. The van der Waals surface area contributed by atoms with E-state index in [9.17, 15) is 19.8 Å². The second kappa shape index (κ2) is 7.44. The first-order valence-electron chi connectivity index (χ1n) is 8.77. The van der Waals surface area contributed by atoms with Gasteiger partial charge in [0.1, 0.15) is 22.6 Å². The number of hydrogen-bond acceptors (Lipinski definition) is 6. The first-order valence-corrected chi connectivity index (χ1v) is 8.77. The number of phenols is 2. The zero-order chi connectivity index (χ0) is 20.4. The van der Waals surface area contributed by atoms with E-state index in [-0.39, 0.29) is 34.0 Å². The van der Waals surface area contributed by atoms with Gasteiger partial charge < -0.3 is 14.9 Å². The van der Waals surface area contributed by atoms with E-state index in [0.29, 0.717) is 10.9 Å². The Morgan fingerprint density at radius 2 is 1.48 bits per heavy atom. The van der Waals surface area contributed by atoms with E-state index in [1.807, 2.05) is 0 Å². The zero-order valence-electron chi connectivity index (χ0n) is 15.1. The monoisotopic (exact) mass is 385 g/mol. The fourth-order valence-corrected chi connectivity index (χ4v) is 2.93. The van der Waals surface area contributed by atoms with Gasteiger partial charge in [0.05, 0.1) is 0 Å². The second-order valence-electron chi connectivity index (χ2n) is 6.29. The summed E-state index contributed by atoms with van der Waals surface area (Å²) in [5, 5.41) is 20.5. The maximum Gasteiger partial charge on any atom is 0.347 e. The van der Waals surface area contributed by atoms with Crippen LogP contribution < -0.4 is 4.74 Å². The number of hydrogen-bond donors (Lipinski definition) is 2. The highest BCUT2D eigenvalue weighted by molar-refractivity contribution is 6.11. The lowest BCUT2D eigenvalue weighted by Gasteiger charge is -2.12. The van der Waals surface area contributed by atoms with Gasteiger partial charge >= 0.3 is 5.97 Å². The summed E-state index contributed by atoms with van der Waals surface area (Å²) in [6, 6.07) is 20.6. The van der Waals surface area contributed by atoms with Crippen LogP contribution in [0.4, 0.5) is 0 Å².